The summed E-state index contributed by atoms with van der Waals surface area (Å²) in [6, 6.07) is 17.4. The number of ether oxygens (including phenoxy) is 1. The van der Waals surface area contributed by atoms with Crippen LogP contribution in [0.4, 0.5) is 4.39 Å². The molecule has 0 heterocycles. The molecule has 166 valence electrons. The van der Waals surface area contributed by atoms with Gasteiger partial charge in [0, 0.05) is 11.5 Å². The van der Waals surface area contributed by atoms with E-state index >= 15 is 0 Å². The highest BCUT2D eigenvalue weighted by Crippen LogP contribution is 2.44. The summed E-state index contributed by atoms with van der Waals surface area (Å²) in [6.45, 7) is 14.1. The minimum atomic E-state index is -2.12. The Morgan fingerprint density at radius 3 is 2.06 bits per heavy atom. The smallest absolute Gasteiger partial charge is 0.258 e. The number of fused-ring (bicyclic) bond motifs is 1. The zero-order chi connectivity index (χ0) is 22.8. The molecule has 0 bridgehead atoms. The van der Waals surface area contributed by atoms with Gasteiger partial charge in [-0.1, -0.05) is 77.9 Å². The normalized spacial score (nSPS) is 12.2. The van der Waals surface area contributed by atoms with Gasteiger partial charge in [-0.2, -0.15) is 0 Å². The first-order valence-electron chi connectivity index (χ1n) is 10.9. The van der Waals surface area contributed by atoms with E-state index in [4.69, 9.17) is 9.16 Å². The average Bonchev–Trinajstić information content (AvgIpc) is 2.72. The number of benzene rings is 3. The summed E-state index contributed by atoms with van der Waals surface area (Å²) < 4.78 is 28.1. The molecule has 5 heteroatoms. The molecule has 0 amide bonds. The Kier molecular flexibility index (Phi) is 7.68. The van der Waals surface area contributed by atoms with E-state index < -0.39 is 8.32 Å². The van der Waals surface area contributed by atoms with E-state index in [9.17, 15) is 4.39 Å². The van der Waals surface area contributed by atoms with Gasteiger partial charge in [-0.3, -0.25) is 0 Å². The SMILES string of the molecule is CC(C)[Si](Oc1cc(OCc2ccccc2)c2c(I)c(F)ccc2c1)(C(C)C)C(C)C. The van der Waals surface area contributed by atoms with Gasteiger partial charge in [0.1, 0.15) is 23.9 Å². The van der Waals surface area contributed by atoms with Gasteiger partial charge in [0.15, 0.2) is 0 Å². The maximum Gasteiger partial charge on any atom is 0.258 e. The van der Waals surface area contributed by atoms with Gasteiger partial charge in [-0.15, -0.1) is 0 Å². The monoisotopic (exact) mass is 550 g/mol. The van der Waals surface area contributed by atoms with Crippen LogP contribution in [0, 0.1) is 9.39 Å². The van der Waals surface area contributed by atoms with E-state index in [-0.39, 0.29) is 5.82 Å². The Morgan fingerprint density at radius 2 is 1.48 bits per heavy atom. The molecule has 0 N–H and O–H groups in total. The summed E-state index contributed by atoms with van der Waals surface area (Å²) in [5.74, 6) is 1.25. The molecule has 0 radical (unpaired) electrons. The zero-order valence-electron chi connectivity index (χ0n) is 19.2. The van der Waals surface area contributed by atoms with E-state index in [2.05, 4.69) is 64.1 Å². The van der Waals surface area contributed by atoms with Crippen molar-refractivity contribution in [2.75, 3.05) is 0 Å². The van der Waals surface area contributed by atoms with Crippen LogP contribution in [0.25, 0.3) is 10.8 Å². The lowest BCUT2D eigenvalue weighted by atomic mass is 10.1. The minimum absolute atomic E-state index is 0.235. The summed E-state index contributed by atoms with van der Waals surface area (Å²) in [6.07, 6.45) is 0. The van der Waals surface area contributed by atoms with E-state index in [1.54, 1.807) is 0 Å². The zero-order valence-corrected chi connectivity index (χ0v) is 22.4. The van der Waals surface area contributed by atoms with E-state index in [1.807, 2.05) is 48.5 Å². The highest BCUT2D eigenvalue weighted by Gasteiger charge is 2.47. The number of halogens is 2. The molecule has 0 fully saturated rings. The molecule has 0 spiro atoms. The Labute approximate surface area is 200 Å². The first kappa shape index (κ1) is 24.0. The number of hydrogen-bond donors (Lipinski definition) is 0. The lowest BCUT2D eigenvalue weighted by molar-refractivity contribution is 0.308. The second kappa shape index (κ2) is 9.90. The van der Waals surface area contributed by atoms with Crippen molar-refractivity contribution in [2.24, 2.45) is 0 Å². The van der Waals surface area contributed by atoms with Gasteiger partial charge in [-0.05, 0) is 62.3 Å². The third-order valence-electron chi connectivity index (χ3n) is 6.18. The van der Waals surface area contributed by atoms with Crippen molar-refractivity contribution in [3.05, 3.63) is 69.5 Å². The Morgan fingerprint density at radius 1 is 0.871 bits per heavy atom. The van der Waals surface area contributed by atoms with E-state index in [0.717, 1.165) is 22.1 Å². The fourth-order valence-electron chi connectivity index (χ4n) is 4.80. The molecule has 0 aliphatic carbocycles. The van der Waals surface area contributed by atoms with Gasteiger partial charge in [0.25, 0.3) is 8.32 Å². The third kappa shape index (κ3) is 4.92. The summed E-state index contributed by atoms with van der Waals surface area (Å²) in [5.41, 5.74) is 2.46. The van der Waals surface area contributed by atoms with E-state index in [1.165, 1.54) is 6.07 Å². The molecule has 0 aliphatic rings. The van der Waals surface area contributed by atoms with Gasteiger partial charge in [-0.25, -0.2) is 4.39 Å². The predicted octanol–water partition coefficient (Wildman–Crippen LogP) is 8.72. The Bertz CT molecular complexity index is 1010. The maximum absolute atomic E-state index is 14.4. The van der Waals surface area contributed by atoms with Gasteiger partial charge >= 0.3 is 0 Å². The fourth-order valence-corrected chi connectivity index (χ4v) is 10.8. The van der Waals surface area contributed by atoms with Crippen LogP contribution < -0.4 is 9.16 Å². The summed E-state index contributed by atoms with van der Waals surface area (Å²) >= 11 is 2.07. The molecule has 3 aromatic rings. The molecular weight excluding hydrogens is 518 g/mol. The van der Waals surface area contributed by atoms with Crippen molar-refractivity contribution < 1.29 is 13.6 Å². The van der Waals surface area contributed by atoms with Crippen molar-refractivity contribution in [1.82, 2.24) is 0 Å². The van der Waals surface area contributed by atoms with Crippen molar-refractivity contribution in [3.8, 4) is 11.5 Å². The van der Waals surface area contributed by atoms with Crippen molar-refractivity contribution in [2.45, 2.75) is 64.8 Å². The predicted molar refractivity (Wildman–Crippen MR) is 139 cm³/mol. The second-order valence-electron chi connectivity index (χ2n) is 9.07. The van der Waals surface area contributed by atoms with Gasteiger partial charge in [0.05, 0.1) is 3.57 Å². The minimum Gasteiger partial charge on any atom is -0.543 e. The molecule has 3 rings (SSSR count). The molecule has 0 aliphatic heterocycles. The van der Waals surface area contributed by atoms with Crippen LogP contribution in [0.15, 0.2) is 54.6 Å². The lowest BCUT2D eigenvalue weighted by Gasteiger charge is -2.42. The van der Waals surface area contributed by atoms with Crippen LogP contribution in [-0.2, 0) is 6.61 Å². The standard InChI is InChI=1S/C26H32FIO2Si/c1-17(2)31(18(3)4,19(5)6)30-22-14-21-12-13-23(27)26(28)25(21)24(15-22)29-16-20-10-8-7-9-11-20/h7-15,17-19H,16H2,1-6H3. The van der Waals surface area contributed by atoms with Crippen LogP contribution >= 0.6 is 22.6 Å². The maximum atomic E-state index is 14.4. The van der Waals surface area contributed by atoms with Gasteiger partial charge < -0.3 is 9.16 Å². The first-order valence-corrected chi connectivity index (χ1v) is 14.2. The lowest BCUT2D eigenvalue weighted by Crippen LogP contribution is -2.50. The molecule has 0 saturated heterocycles. The highest BCUT2D eigenvalue weighted by molar-refractivity contribution is 14.1. The fraction of sp³-hybridized carbons (Fsp3) is 0.385. The largest absolute Gasteiger partial charge is 0.543 e. The molecular formula is C26H32FIO2Si. The van der Waals surface area contributed by atoms with Gasteiger partial charge in [0.2, 0.25) is 0 Å². The van der Waals surface area contributed by atoms with Crippen LogP contribution in [0.2, 0.25) is 16.6 Å². The molecule has 0 unspecified atom stereocenters. The van der Waals surface area contributed by atoms with Crippen LogP contribution in [-0.4, -0.2) is 8.32 Å². The van der Waals surface area contributed by atoms with Crippen LogP contribution in [0.5, 0.6) is 11.5 Å². The molecule has 0 saturated carbocycles. The molecule has 2 nitrogen and oxygen atoms in total. The van der Waals surface area contributed by atoms with Crippen LogP contribution in [0.1, 0.15) is 47.1 Å². The summed E-state index contributed by atoms with van der Waals surface area (Å²) in [5, 5.41) is 1.74. The summed E-state index contributed by atoms with van der Waals surface area (Å²) in [4.78, 5) is 0. The van der Waals surface area contributed by atoms with Crippen molar-refractivity contribution in [1.29, 1.82) is 0 Å². The topological polar surface area (TPSA) is 18.5 Å². The van der Waals surface area contributed by atoms with E-state index in [0.29, 0.717) is 32.6 Å². The second-order valence-corrected chi connectivity index (χ2v) is 15.5. The summed E-state index contributed by atoms with van der Waals surface area (Å²) in [7, 11) is -2.12. The third-order valence-corrected chi connectivity index (χ3v) is 13.2. The Balaban J connectivity index is 2.10. The number of rotatable bonds is 8. The number of hydrogen-bond acceptors (Lipinski definition) is 2. The van der Waals surface area contributed by atoms with Crippen molar-refractivity contribution >= 4 is 41.7 Å². The first-order chi connectivity index (χ1) is 14.7. The molecule has 3 aromatic carbocycles. The molecule has 0 aromatic heterocycles. The Hall–Kier alpha value is -1.60. The van der Waals surface area contributed by atoms with Crippen LogP contribution in [0.3, 0.4) is 0 Å². The quantitative estimate of drug-likeness (QED) is 0.206. The average molecular weight is 551 g/mol. The molecule has 0 atom stereocenters. The van der Waals surface area contributed by atoms with Crippen molar-refractivity contribution in [3.63, 3.8) is 0 Å². The highest BCUT2D eigenvalue weighted by atomic mass is 127. The molecule has 31 heavy (non-hydrogen) atoms.